The summed E-state index contributed by atoms with van der Waals surface area (Å²) >= 11 is 0. The summed E-state index contributed by atoms with van der Waals surface area (Å²) in [5.41, 5.74) is 0.320. The Morgan fingerprint density at radius 3 is 2.67 bits per heavy atom. The van der Waals surface area contributed by atoms with E-state index in [0.717, 1.165) is 0 Å². The summed E-state index contributed by atoms with van der Waals surface area (Å²) in [6.45, 7) is 8.59. The second kappa shape index (κ2) is 3.33. The van der Waals surface area contributed by atoms with Crippen LogP contribution < -0.4 is 0 Å². The van der Waals surface area contributed by atoms with Crippen LogP contribution in [0.25, 0.3) is 0 Å². The van der Waals surface area contributed by atoms with E-state index >= 15 is 0 Å². The third kappa shape index (κ3) is 1.85. The van der Waals surface area contributed by atoms with Crippen molar-refractivity contribution < 1.29 is 9.84 Å². The molecular weight excluding hydrogens is 188 g/mol. The second-order valence-corrected chi connectivity index (χ2v) is 5.92. The Bertz CT molecular complexity index is 276. The van der Waals surface area contributed by atoms with Gasteiger partial charge >= 0.3 is 0 Å². The van der Waals surface area contributed by atoms with E-state index in [1.807, 2.05) is 6.08 Å². The number of ether oxygens (including phenoxy) is 1. The van der Waals surface area contributed by atoms with E-state index in [1.165, 1.54) is 12.8 Å². The van der Waals surface area contributed by atoms with Crippen LogP contribution in [-0.2, 0) is 4.74 Å². The number of epoxide rings is 1. The molecule has 15 heavy (non-hydrogen) atoms. The van der Waals surface area contributed by atoms with E-state index < -0.39 is 0 Å². The predicted octanol–water partition coefficient (Wildman–Crippen LogP) is 2.52. The van der Waals surface area contributed by atoms with Crippen LogP contribution in [0.2, 0.25) is 0 Å². The van der Waals surface area contributed by atoms with Crippen molar-refractivity contribution in [3.8, 4) is 0 Å². The molecule has 0 aromatic rings. The van der Waals surface area contributed by atoms with E-state index in [4.69, 9.17) is 4.74 Å². The van der Waals surface area contributed by atoms with Gasteiger partial charge < -0.3 is 9.84 Å². The highest BCUT2D eigenvalue weighted by atomic mass is 16.6. The van der Waals surface area contributed by atoms with Gasteiger partial charge in [0, 0.05) is 5.92 Å². The third-order valence-electron chi connectivity index (χ3n) is 4.07. The summed E-state index contributed by atoms with van der Waals surface area (Å²) in [6.07, 6.45) is 6.54. The Morgan fingerprint density at radius 2 is 2.07 bits per heavy atom. The molecule has 2 aliphatic rings. The lowest BCUT2D eigenvalue weighted by molar-refractivity contribution is 0.134. The number of hydrogen-bond donors (Lipinski definition) is 1. The molecule has 4 atom stereocenters. The Labute approximate surface area is 92.3 Å². The van der Waals surface area contributed by atoms with Gasteiger partial charge in [0.05, 0.1) is 17.8 Å². The largest absolute Gasteiger partial charge is 0.389 e. The first-order valence-corrected chi connectivity index (χ1v) is 5.90. The summed E-state index contributed by atoms with van der Waals surface area (Å²) in [4.78, 5) is 0. The second-order valence-electron chi connectivity index (χ2n) is 5.92. The number of fused-ring (bicyclic) bond motifs is 1. The van der Waals surface area contributed by atoms with Crippen molar-refractivity contribution in [1.29, 1.82) is 0 Å². The Morgan fingerprint density at radius 1 is 1.40 bits per heavy atom. The number of aliphatic hydroxyl groups excluding tert-OH is 1. The maximum Gasteiger partial charge on any atom is 0.0987 e. The van der Waals surface area contributed by atoms with Crippen molar-refractivity contribution in [2.75, 3.05) is 0 Å². The van der Waals surface area contributed by atoms with Crippen LogP contribution in [0.4, 0.5) is 0 Å². The molecule has 0 bridgehead atoms. The molecule has 2 nitrogen and oxygen atoms in total. The van der Waals surface area contributed by atoms with Crippen LogP contribution >= 0.6 is 0 Å². The van der Waals surface area contributed by atoms with E-state index in [2.05, 4.69) is 26.8 Å². The monoisotopic (exact) mass is 210 g/mol. The molecule has 1 aliphatic heterocycles. The Balaban J connectivity index is 2.17. The molecule has 1 N–H and O–H groups in total. The first-order chi connectivity index (χ1) is 6.86. The molecule has 0 radical (unpaired) electrons. The molecule has 2 heteroatoms. The average molecular weight is 210 g/mol. The van der Waals surface area contributed by atoms with E-state index in [0.29, 0.717) is 12.0 Å². The maximum absolute atomic E-state index is 9.31. The zero-order chi connectivity index (χ0) is 11.3. The molecule has 1 saturated carbocycles. The lowest BCUT2D eigenvalue weighted by Gasteiger charge is -2.38. The zero-order valence-corrected chi connectivity index (χ0v) is 10.2. The summed E-state index contributed by atoms with van der Waals surface area (Å²) < 4.78 is 5.81. The van der Waals surface area contributed by atoms with Gasteiger partial charge in [-0.1, -0.05) is 26.0 Å². The molecule has 0 amide bonds. The quantitative estimate of drug-likeness (QED) is 0.561. The minimum absolute atomic E-state index is 0.0349. The standard InChI is InChI=1S/C13H22O2/c1-9(14)5-6-10-12(2,3)8-7-11-13(10,4)15-11/h5-6,9-11,14H,7-8H2,1-4H3/t9-,10+,11-,13+/m0/s1. The summed E-state index contributed by atoms with van der Waals surface area (Å²) in [6, 6.07) is 0. The fourth-order valence-corrected chi connectivity index (χ4v) is 3.05. The fraction of sp³-hybridized carbons (Fsp3) is 0.846. The summed E-state index contributed by atoms with van der Waals surface area (Å²) in [5, 5.41) is 9.31. The van der Waals surface area contributed by atoms with E-state index in [9.17, 15) is 5.11 Å². The number of aliphatic hydroxyl groups is 1. The molecule has 1 heterocycles. The summed E-state index contributed by atoms with van der Waals surface area (Å²) in [7, 11) is 0. The topological polar surface area (TPSA) is 32.8 Å². The third-order valence-corrected chi connectivity index (χ3v) is 4.07. The van der Waals surface area contributed by atoms with Crippen molar-refractivity contribution in [2.24, 2.45) is 11.3 Å². The molecule has 0 unspecified atom stereocenters. The van der Waals surface area contributed by atoms with Crippen molar-refractivity contribution in [3.63, 3.8) is 0 Å². The minimum atomic E-state index is -0.358. The molecule has 1 aliphatic carbocycles. The van der Waals surface area contributed by atoms with Crippen molar-refractivity contribution in [2.45, 2.75) is 58.3 Å². The predicted molar refractivity (Wildman–Crippen MR) is 60.6 cm³/mol. The van der Waals surface area contributed by atoms with E-state index in [-0.39, 0.29) is 17.1 Å². The van der Waals surface area contributed by atoms with Crippen molar-refractivity contribution in [3.05, 3.63) is 12.2 Å². The van der Waals surface area contributed by atoms with Gasteiger partial charge in [-0.25, -0.2) is 0 Å². The SMILES string of the molecule is C[C@H](O)C=C[C@@H]1C(C)(C)CC[C@@H]2O[C@@]21C. The molecule has 1 saturated heterocycles. The van der Waals surface area contributed by atoms with Crippen molar-refractivity contribution >= 4 is 0 Å². The maximum atomic E-state index is 9.31. The first kappa shape index (κ1) is 11.2. The highest BCUT2D eigenvalue weighted by Gasteiger charge is 2.63. The van der Waals surface area contributed by atoms with Crippen LogP contribution in [0, 0.1) is 11.3 Å². The highest BCUT2D eigenvalue weighted by molar-refractivity contribution is 5.18. The van der Waals surface area contributed by atoms with Crippen LogP contribution in [0.3, 0.4) is 0 Å². The molecule has 0 aromatic carbocycles. The summed E-state index contributed by atoms with van der Waals surface area (Å²) in [5.74, 6) is 0.429. The molecule has 86 valence electrons. The molecule has 2 rings (SSSR count). The highest BCUT2D eigenvalue weighted by Crippen LogP contribution is 2.58. The van der Waals surface area contributed by atoms with Gasteiger partial charge in [-0.05, 0) is 32.1 Å². The van der Waals surface area contributed by atoms with Gasteiger partial charge in [-0.2, -0.15) is 0 Å². The molecule has 0 aromatic heterocycles. The molecule has 2 fully saturated rings. The lowest BCUT2D eigenvalue weighted by atomic mass is 9.64. The van der Waals surface area contributed by atoms with Gasteiger partial charge in [0.2, 0.25) is 0 Å². The van der Waals surface area contributed by atoms with E-state index in [1.54, 1.807) is 6.92 Å². The fourth-order valence-electron chi connectivity index (χ4n) is 3.05. The van der Waals surface area contributed by atoms with Crippen LogP contribution in [0.1, 0.15) is 40.5 Å². The van der Waals surface area contributed by atoms with Crippen LogP contribution in [-0.4, -0.2) is 22.9 Å². The molecular formula is C13H22O2. The number of rotatable bonds is 2. The van der Waals surface area contributed by atoms with Gasteiger partial charge in [0.1, 0.15) is 0 Å². The van der Waals surface area contributed by atoms with Gasteiger partial charge in [0.25, 0.3) is 0 Å². The normalized spacial score (nSPS) is 45.1. The zero-order valence-electron chi connectivity index (χ0n) is 10.2. The van der Waals surface area contributed by atoms with Crippen LogP contribution in [0.5, 0.6) is 0 Å². The first-order valence-electron chi connectivity index (χ1n) is 5.90. The van der Waals surface area contributed by atoms with Gasteiger partial charge in [-0.3, -0.25) is 0 Å². The average Bonchev–Trinajstić information content (AvgIpc) is 2.74. The Kier molecular flexibility index (Phi) is 2.47. The van der Waals surface area contributed by atoms with Gasteiger partial charge in [-0.15, -0.1) is 0 Å². The molecule has 0 spiro atoms. The van der Waals surface area contributed by atoms with Crippen molar-refractivity contribution in [1.82, 2.24) is 0 Å². The van der Waals surface area contributed by atoms with Crippen LogP contribution in [0.15, 0.2) is 12.2 Å². The lowest BCUT2D eigenvalue weighted by Crippen LogP contribution is -2.39. The van der Waals surface area contributed by atoms with Gasteiger partial charge in [0.15, 0.2) is 0 Å². The number of hydrogen-bond acceptors (Lipinski definition) is 2. The Hall–Kier alpha value is -0.340. The minimum Gasteiger partial charge on any atom is -0.389 e. The smallest absolute Gasteiger partial charge is 0.0987 e.